The Morgan fingerprint density at radius 3 is 2.48 bits per heavy atom. The zero-order valence-electron chi connectivity index (χ0n) is 10.8. The van der Waals surface area contributed by atoms with Crippen molar-refractivity contribution in [3.05, 3.63) is 63.6 Å². The summed E-state index contributed by atoms with van der Waals surface area (Å²) < 4.78 is 25.8. The van der Waals surface area contributed by atoms with Gasteiger partial charge < -0.3 is 5.32 Å². The molecule has 0 aromatic heterocycles. The molecule has 0 atom stereocenters. The van der Waals surface area contributed by atoms with Gasteiger partial charge in [-0.25, -0.2) is 8.78 Å². The number of carbonyl (C=O) groups excluding carboxylic acids is 1. The lowest BCUT2D eigenvalue weighted by Crippen LogP contribution is -2.12. The predicted octanol–water partition coefficient (Wildman–Crippen LogP) is 4.84. The quantitative estimate of drug-likeness (QED) is 0.854. The number of aryl methyl sites for hydroxylation is 1. The number of carbonyl (C=O) groups is 1. The lowest BCUT2D eigenvalue weighted by Gasteiger charge is -2.07. The molecular formula is C15H11Cl2F2NO. The molecule has 0 saturated heterocycles. The van der Waals surface area contributed by atoms with Crippen molar-refractivity contribution < 1.29 is 13.6 Å². The van der Waals surface area contributed by atoms with Crippen molar-refractivity contribution in [2.24, 2.45) is 0 Å². The van der Waals surface area contributed by atoms with Gasteiger partial charge in [-0.05, 0) is 36.2 Å². The minimum absolute atomic E-state index is 0.167. The highest BCUT2D eigenvalue weighted by molar-refractivity contribution is 6.35. The first kappa shape index (κ1) is 15.7. The van der Waals surface area contributed by atoms with Gasteiger partial charge in [0.15, 0.2) is 11.6 Å². The molecule has 0 spiro atoms. The van der Waals surface area contributed by atoms with Crippen molar-refractivity contribution in [2.45, 2.75) is 12.8 Å². The van der Waals surface area contributed by atoms with Gasteiger partial charge in [0.2, 0.25) is 5.91 Å². The molecule has 6 heteroatoms. The zero-order chi connectivity index (χ0) is 15.4. The summed E-state index contributed by atoms with van der Waals surface area (Å²) in [6, 6.07) is 8.23. The molecule has 0 saturated carbocycles. The molecule has 0 unspecified atom stereocenters. The molecule has 0 fully saturated rings. The van der Waals surface area contributed by atoms with Gasteiger partial charge in [0.1, 0.15) is 0 Å². The molecule has 0 aliphatic heterocycles. The molecular weight excluding hydrogens is 319 g/mol. The molecule has 110 valence electrons. The van der Waals surface area contributed by atoms with Crippen molar-refractivity contribution in [1.82, 2.24) is 0 Å². The third-order valence-corrected chi connectivity index (χ3v) is 3.43. The van der Waals surface area contributed by atoms with Crippen molar-refractivity contribution in [3.63, 3.8) is 0 Å². The highest BCUT2D eigenvalue weighted by atomic mass is 35.5. The fourth-order valence-corrected chi connectivity index (χ4v) is 2.27. The van der Waals surface area contributed by atoms with E-state index in [0.29, 0.717) is 16.5 Å². The molecule has 0 radical (unpaired) electrons. The number of halogens is 4. The van der Waals surface area contributed by atoms with Crippen LogP contribution in [0.1, 0.15) is 12.0 Å². The van der Waals surface area contributed by atoms with Crippen LogP contribution in [0.15, 0.2) is 36.4 Å². The number of nitrogens with one attached hydrogen (secondary N) is 1. The Morgan fingerprint density at radius 2 is 1.81 bits per heavy atom. The molecule has 2 rings (SSSR count). The van der Waals surface area contributed by atoms with E-state index in [2.05, 4.69) is 5.32 Å². The Kier molecular flexibility index (Phi) is 5.15. The van der Waals surface area contributed by atoms with Gasteiger partial charge in [0.25, 0.3) is 0 Å². The van der Waals surface area contributed by atoms with E-state index >= 15 is 0 Å². The van der Waals surface area contributed by atoms with Crippen LogP contribution in [0.25, 0.3) is 0 Å². The molecule has 1 N–H and O–H groups in total. The van der Waals surface area contributed by atoms with Gasteiger partial charge in [-0.1, -0.05) is 29.3 Å². The molecule has 2 aromatic carbocycles. The smallest absolute Gasteiger partial charge is 0.224 e. The Morgan fingerprint density at radius 1 is 1.05 bits per heavy atom. The lowest BCUT2D eigenvalue weighted by molar-refractivity contribution is -0.116. The summed E-state index contributed by atoms with van der Waals surface area (Å²) in [6.45, 7) is 0. The number of hydrogen-bond donors (Lipinski definition) is 1. The SMILES string of the molecule is O=C(CCc1ccc(Cl)cc1Cl)Nc1ccc(F)c(F)c1. The Hall–Kier alpha value is -1.65. The zero-order valence-corrected chi connectivity index (χ0v) is 12.3. The maximum absolute atomic E-state index is 13.0. The van der Waals surface area contributed by atoms with E-state index in [0.717, 1.165) is 17.7 Å². The maximum Gasteiger partial charge on any atom is 0.224 e. The van der Waals surface area contributed by atoms with Crippen LogP contribution < -0.4 is 5.32 Å². The van der Waals surface area contributed by atoms with Crippen LogP contribution in [-0.4, -0.2) is 5.91 Å². The summed E-state index contributed by atoms with van der Waals surface area (Å²) >= 11 is 11.8. The average molecular weight is 330 g/mol. The fraction of sp³-hybridized carbons (Fsp3) is 0.133. The number of anilines is 1. The van der Waals surface area contributed by atoms with Gasteiger partial charge in [0, 0.05) is 28.2 Å². The number of rotatable bonds is 4. The van der Waals surface area contributed by atoms with Crippen molar-refractivity contribution in [2.75, 3.05) is 5.32 Å². The summed E-state index contributed by atoms with van der Waals surface area (Å²) in [4.78, 5) is 11.8. The summed E-state index contributed by atoms with van der Waals surface area (Å²) in [5, 5.41) is 3.51. The van der Waals surface area contributed by atoms with Gasteiger partial charge in [0.05, 0.1) is 0 Å². The summed E-state index contributed by atoms with van der Waals surface area (Å²) in [7, 11) is 0. The Labute approximate surface area is 130 Å². The average Bonchev–Trinajstić information content (AvgIpc) is 2.42. The van der Waals surface area contributed by atoms with E-state index in [-0.39, 0.29) is 18.0 Å². The van der Waals surface area contributed by atoms with E-state index < -0.39 is 11.6 Å². The Bertz CT molecular complexity index is 677. The normalized spacial score (nSPS) is 10.5. The molecule has 1 amide bonds. The number of amides is 1. The van der Waals surface area contributed by atoms with E-state index in [4.69, 9.17) is 23.2 Å². The van der Waals surface area contributed by atoms with Crippen LogP contribution in [0.5, 0.6) is 0 Å². The van der Waals surface area contributed by atoms with Crippen molar-refractivity contribution in [3.8, 4) is 0 Å². The van der Waals surface area contributed by atoms with Gasteiger partial charge >= 0.3 is 0 Å². The highest BCUT2D eigenvalue weighted by Gasteiger charge is 2.08. The first-order chi connectivity index (χ1) is 9.95. The topological polar surface area (TPSA) is 29.1 Å². The minimum Gasteiger partial charge on any atom is -0.326 e. The minimum atomic E-state index is -1.01. The second-order valence-corrected chi connectivity index (χ2v) is 5.26. The van der Waals surface area contributed by atoms with Crippen LogP contribution in [0.4, 0.5) is 14.5 Å². The molecule has 2 nitrogen and oxygen atoms in total. The molecule has 0 heterocycles. The van der Waals surface area contributed by atoms with E-state index in [9.17, 15) is 13.6 Å². The number of benzene rings is 2. The lowest BCUT2D eigenvalue weighted by atomic mass is 10.1. The Balaban J connectivity index is 1.94. The van der Waals surface area contributed by atoms with E-state index in [1.807, 2.05) is 0 Å². The number of hydrogen-bond acceptors (Lipinski definition) is 1. The van der Waals surface area contributed by atoms with Crippen LogP contribution >= 0.6 is 23.2 Å². The van der Waals surface area contributed by atoms with Crippen LogP contribution in [0, 0.1) is 11.6 Å². The van der Waals surface area contributed by atoms with Gasteiger partial charge in [-0.3, -0.25) is 4.79 Å². The van der Waals surface area contributed by atoms with Gasteiger partial charge in [-0.15, -0.1) is 0 Å². The highest BCUT2D eigenvalue weighted by Crippen LogP contribution is 2.22. The summed E-state index contributed by atoms with van der Waals surface area (Å²) in [5.41, 5.74) is 1.00. The summed E-state index contributed by atoms with van der Waals surface area (Å²) in [5.74, 6) is -2.28. The fourth-order valence-electron chi connectivity index (χ4n) is 1.77. The maximum atomic E-state index is 13.0. The van der Waals surface area contributed by atoms with Gasteiger partial charge in [-0.2, -0.15) is 0 Å². The summed E-state index contributed by atoms with van der Waals surface area (Å²) in [6.07, 6.45) is 0.589. The largest absolute Gasteiger partial charge is 0.326 e. The first-order valence-electron chi connectivity index (χ1n) is 6.14. The van der Waals surface area contributed by atoms with E-state index in [1.54, 1.807) is 18.2 Å². The molecule has 21 heavy (non-hydrogen) atoms. The third kappa shape index (κ3) is 4.41. The van der Waals surface area contributed by atoms with Crippen LogP contribution in [-0.2, 0) is 11.2 Å². The molecule has 0 aliphatic rings. The predicted molar refractivity (Wildman–Crippen MR) is 79.8 cm³/mol. The standard InChI is InChI=1S/C15H11Cl2F2NO/c16-10-3-1-9(12(17)7-10)2-6-15(21)20-11-4-5-13(18)14(19)8-11/h1,3-5,7-8H,2,6H2,(H,20,21). The first-order valence-corrected chi connectivity index (χ1v) is 6.90. The van der Waals surface area contributed by atoms with Crippen LogP contribution in [0.3, 0.4) is 0 Å². The monoisotopic (exact) mass is 329 g/mol. The second kappa shape index (κ2) is 6.87. The van der Waals surface area contributed by atoms with E-state index in [1.165, 1.54) is 6.07 Å². The third-order valence-electron chi connectivity index (χ3n) is 2.84. The van der Waals surface area contributed by atoms with Crippen molar-refractivity contribution >= 4 is 34.8 Å². The molecule has 0 aliphatic carbocycles. The molecule has 2 aromatic rings. The second-order valence-electron chi connectivity index (χ2n) is 4.41. The van der Waals surface area contributed by atoms with Crippen molar-refractivity contribution in [1.29, 1.82) is 0 Å². The molecule has 0 bridgehead atoms. The van der Waals surface area contributed by atoms with Crippen LogP contribution in [0.2, 0.25) is 10.0 Å².